The van der Waals surface area contributed by atoms with Crippen molar-refractivity contribution in [3.05, 3.63) is 58.7 Å². The molecule has 7 heteroatoms. The van der Waals surface area contributed by atoms with Gasteiger partial charge in [-0.3, -0.25) is 4.79 Å². The van der Waals surface area contributed by atoms with Gasteiger partial charge >= 0.3 is 0 Å². The van der Waals surface area contributed by atoms with Crippen LogP contribution < -0.4 is 10.1 Å². The summed E-state index contributed by atoms with van der Waals surface area (Å²) in [5.41, 5.74) is 4.63. The number of aryl methyl sites for hydroxylation is 3. The van der Waals surface area contributed by atoms with Gasteiger partial charge in [-0.25, -0.2) is 8.42 Å². The number of amides is 1. The van der Waals surface area contributed by atoms with E-state index in [9.17, 15) is 13.2 Å². The summed E-state index contributed by atoms with van der Waals surface area (Å²) in [5, 5.41) is 2.95. The van der Waals surface area contributed by atoms with E-state index in [1.165, 1.54) is 27.6 Å². The average Bonchev–Trinajstić information content (AvgIpc) is 2.70. The van der Waals surface area contributed by atoms with Gasteiger partial charge in [-0.05, 0) is 74.2 Å². The summed E-state index contributed by atoms with van der Waals surface area (Å²) in [6.07, 6.45) is 0. The van der Waals surface area contributed by atoms with Crippen LogP contribution in [0.4, 0.5) is 0 Å². The van der Waals surface area contributed by atoms with E-state index in [1.54, 1.807) is 26.0 Å². The lowest BCUT2D eigenvalue weighted by Crippen LogP contribution is -2.31. The summed E-state index contributed by atoms with van der Waals surface area (Å²) in [6.45, 7) is 12.4. The number of carbonyl (C=O) groups is 1. The highest BCUT2D eigenvalue weighted by atomic mass is 32.2. The highest BCUT2D eigenvalue weighted by Crippen LogP contribution is 2.22. The van der Waals surface area contributed by atoms with Crippen molar-refractivity contribution in [2.45, 2.75) is 52.5 Å². The van der Waals surface area contributed by atoms with E-state index in [2.05, 4.69) is 31.3 Å². The van der Waals surface area contributed by atoms with E-state index in [-0.39, 0.29) is 23.5 Å². The van der Waals surface area contributed by atoms with E-state index in [0.717, 1.165) is 11.1 Å². The molecule has 2 rings (SSSR count). The second-order valence-electron chi connectivity index (χ2n) is 7.43. The van der Waals surface area contributed by atoms with Gasteiger partial charge in [0.25, 0.3) is 5.91 Å². The first-order valence-corrected chi connectivity index (χ1v) is 11.6. The molecule has 0 radical (unpaired) electrons. The Morgan fingerprint density at radius 1 is 1.00 bits per heavy atom. The fourth-order valence-corrected chi connectivity index (χ4v) is 4.84. The molecule has 0 saturated heterocycles. The van der Waals surface area contributed by atoms with Gasteiger partial charge in [-0.1, -0.05) is 26.0 Å². The second-order valence-corrected chi connectivity index (χ2v) is 9.37. The van der Waals surface area contributed by atoms with Crippen LogP contribution in [0.2, 0.25) is 0 Å². The van der Waals surface area contributed by atoms with Crippen molar-refractivity contribution in [2.24, 2.45) is 0 Å². The number of carbonyl (C=O) groups excluding carboxylic acids is 1. The zero-order valence-electron chi connectivity index (χ0n) is 18.7. The average molecular weight is 433 g/mol. The summed E-state index contributed by atoms with van der Waals surface area (Å²) in [5.74, 6) is 0.207. The van der Waals surface area contributed by atoms with Gasteiger partial charge in [0.15, 0.2) is 6.61 Å². The van der Waals surface area contributed by atoms with E-state index in [0.29, 0.717) is 18.8 Å². The largest absolute Gasteiger partial charge is 0.484 e. The smallest absolute Gasteiger partial charge is 0.258 e. The molecule has 0 saturated carbocycles. The maximum Gasteiger partial charge on any atom is 0.258 e. The summed E-state index contributed by atoms with van der Waals surface area (Å²) in [4.78, 5) is 12.5. The lowest BCUT2D eigenvalue weighted by atomic mass is 9.96. The highest BCUT2D eigenvalue weighted by Gasteiger charge is 2.21. The first-order valence-electron chi connectivity index (χ1n) is 10.2. The number of rotatable bonds is 9. The van der Waals surface area contributed by atoms with E-state index in [4.69, 9.17) is 4.74 Å². The van der Waals surface area contributed by atoms with Gasteiger partial charge in [0, 0.05) is 13.1 Å². The Labute approximate surface area is 180 Å². The predicted octanol–water partition coefficient (Wildman–Crippen LogP) is 3.90. The minimum atomic E-state index is -3.51. The van der Waals surface area contributed by atoms with E-state index >= 15 is 0 Å². The third-order valence-corrected chi connectivity index (χ3v) is 7.33. The minimum Gasteiger partial charge on any atom is -0.484 e. The zero-order valence-corrected chi connectivity index (χ0v) is 19.5. The summed E-state index contributed by atoms with van der Waals surface area (Å²) < 4.78 is 32.0. The molecule has 0 bridgehead atoms. The van der Waals surface area contributed by atoms with Crippen LogP contribution >= 0.6 is 0 Å². The molecule has 0 aromatic heterocycles. The molecule has 0 aliphatic carbocycles. The standard InChI is InChI=1S/C23H32N2O4S/c1-7-25(8-2)30(27,28)21-11-9-20(10-12-21)29-15-23(26)24-19(6)22-14-17(4)16(3)13-18(22)5/h9-14,19H,7-8,15H2,1-6H3,(H,24,26). The second kappa shape index (κ2) is 10.1. The molecule has 6 nitrogen and oxygen atoms in total. The molecular formula is C23H32N2O4S. The quantitative estimate of drug-likeness (QED) is 0.652. The molecule has 1 N–H and O–H groups in total. The molecule has 2 aromatic rings. The van der Waals surface area contributed by atoms with Crippen LogP contribution in [-0.2, 0) is 14.8 Å². The van der Waals surface area contributed by atoms with Gasteiger partial charge in [-0.15, -0.1) is 0 Å². The van der Waals surface area contributed by atoms with Crippen LogP contribution in [0.15, 0.2) is 41.3 Å². The Balaban J connectivity index is 1.97. The minimum absolute atomic E-state index is 0.137. The molecule has 2 aromatic carbocycles. The molecule has 1 amide bonds. The summed E-state index contributed by atoms with van der Waals surface area (Å²) in [6, 6.07) is 10.2. The Bertz CT molecular complexity index is 981. The van der Waals surface area contributed by atoms with Gasteiger partial charge in [0.05, 0.1) is 10.9 Å². The van der Waals surface area contributed by atoms with Crippen LogP contribution in [0.5, 0.6) is 5.75 Å². The van der Waals surface area contributed by atoms with Gasteiger partial charge in [0.2, 0.25) is 10.0 Å². The maximum atomic E-state index is 12.5. The zero-order chi connectivity index (χ0) is 22.5. The monoisotopic (exact) mass is 432 g/mol. The molecule has 0 fully saturated rings. The molecule has 30 heavy (non-hydrogen) atoms. The third kappa shape index (κ3) is 5.61. The van der Waals surface area contributed by atoms with Crippen molar-refractivity contribution >= 4 is 15.9 Å². The van der Waals surface area contributed by atoms with Gasteiger partial charge < -0.3 is 10.1 Å². The normalized spacial score (nSPS) is 12.6. The third-order valence-electron chi connectivity index (χ3n) is 5.26. The summed E-state index contributed by atoms with van der Waals surface area (Å²) in [7, 11) is -3.51. The van der Waals surface area contributed by atoms with Crippen molar-refractivity contribution in [2.75, 3.05) is 19.7 Å². The van der Waals surface area contributed by atoms with Gasteiger partial charge in [-0.2, -0.15) is 4.31 Å². The van der Waals surface area contributed by atoms with Gasteiger partial charge in [0.1, 0.15) is 5.75 Å². The number of hydrogen-bond acceptors (Lipinski definition) is 4. The first-order chi connectivity index (χ1) is 14.1. The van der Waals surface area contributed by atoms with Crippen molar-refractivity contribution < 1.29 is 17.9 Å². The molecule has 1 atom stereocenters. The number of ether oxygens (including phenoxy) is 1. The van der Waals surface area contributed by atoms with Crippen molar-refractivity contribution in [3.8, 4) is 5.75 Å². The molecular weight excluding hydrogens is 400 g/mol. The number of benzene rings is 2. The highest BCUT2D eigenvalue weighted by molar-refractivity contribution is 7.89. The Hall–Kier alpha value is -2.38. The Kier molecular flexibility index (Phi) is 8.03. The topological polar surface area (TPSA) is 75.7 Å². The van der Waals surface area contributed by atoms with E-state index in [1.807, 2.05) is 13.8 Å². The molecule has 0 heterocycles. The molecule has 1 unspecified atom stereocenters. The number of sulfonamides is 1. The molecule has 0 aliphatic heterocycles. The van der Waals surface area contributed by atoms with Crippen molar-refractivity contribution in [1.82, 2.24) is 9.62 Å². The molecule has 0 spiro atoms. The molecule has 164 valence electrons. The van der Waals surface area contributed by atoms with Crippen molar-refractivity contribution in [1.29, 1.82) is 0 Å². The maximum absolute atomic E-state index is 12.5. The lowest BCUT2D eigenvalue weighted by Gasteiger charge is -2.19. The fourth-order valence-electron chi connectivity index (χ4n) is 3.38. The first kappa shape index (κ1) is 23.9. The number of nitrogens with zero attached hydrogens (tertiary/aromatic N) is 1. The fraction of sp³-hybridized carbons (Fsp3) is 0.435. The predicted molar refractivity (Wildman–Crippen MR) is 119 cm³/mol. The van der Waals surface area contributed by atoms with E-state index < -0.39 is 10.0 Å². The Morgan fingerprint density at radius 3 is 2.13 bits per heavy atom. The van der Waals surface area contributed by atoms with Crippen LogP contribution in [0.1, 0.15) is 49.1 Å². The number of nitrogens with one attached hydrogen (secondary N) is 1. The Morgan fingerprint density at radius 2 is 1.57 bits per heavy atom. The summed E-state index contributed by atoms with van der Waals surface area (Å²) >= 11 is 0. The number of hydrogen-bond donors (Lipinski definition) is 1. The van der Waals surface area contributed by atoms with Crippen LogP contribution in [-0.4, -0.2) is 38.3 Å². The van der Waals surface area contributed by atoms with Crippen molar-refractivity contribution in [3.63, 3.8) is 0 Å². The van der Waals surface area contributed by atoms with Crippen LogP contribution in [0, 0.1) is 20.8 Å². The van der Waals surface area contributed by atoms with Crippen LogP contribution in [0.25, 0.3) is 0 Å². The SMILES string of the molecule is CCN(CC)S(=O)(=O)c1ccc(OCC(=O)NC(C)c2cc(C)c(C)cc2C)cc1. The molecule has 0 aliphatic rings. The van der Waals surface area contributed by atoms with Crippen LogP contribution in [0.3, 0.4) is 0 Å². The lowest BCUT2D eigenvalue weighted by molar-refractivity contribution is -0.123.